The van der Waals surface area contributed by atoms with E-state index in [9.17, 15) is 0 Å². The Morgan fingerprint density at radius 1 is 0.815 bits per heavy atom. The van der Waals surface area contributed by atoms with Crippen molar-refractivity contribution in [2.24, 2.45) is 0 Å². The van der Waals surface area contributed by atoms with Crippen LogP contribution in [-0.4, -0.2) is 6.16 Å². The summed E-state index contributed by atoms with van der Waals surface area (Å²) in [6.45, 7) is 16.3. The maximum atomic E-state index is 2.47. The first-order valence-electron chi connectivity index (χ1n) is 10.4. The summed E-state index contributed by atoms with van der Waals surface area (Å²) in [5, 5.41) is 1.54. The van der Waals surface area contributed by atoms with Gasteiger partial charge in [0, 0.05) is 20.4 Å². The van der Waals surface area contributed by atoms with Crippen LogP contribution in [0.5, 0.6) is 0 Å². The monoisotopic (exact) mass is 474 g/mol. The van der Waals surface area contributed by atoms with Crippen molar-refractivity contribution in [2.45, 2.75) is 79.1 Å². The number of hydrogen-bond acceptors (Lipinski definition) is 0. The molecule has 27 heavy (non-hydrogen) atoms. The van der Waals surface area contributed by atoms with E-state index in [1.165, 1.54) is 46.8 Å². The van der Waals surface area contributed by atoms with E-state index in [0.717, 1.165) is 8.58 Å². The van der Waals surface area contributed by atoms with Gasteiger partial charge in [0.25, 0.3) is 0 Å². The zero-order valence-corrected chi connectivity index (χ0v) is 20.7. The molecule has 0 fully saturated rings. The average Bonchev–Trinajstić information content (AvgIpc) is 2.61. The van der Waals surface area contributed by atoms with E-state index in [-0.39, 0.29) is 20.4 Å². The van der Waals surface area contributed by atoms with Gasteiger partial charge in [-0.1, -0.05) is 99.9 Å². The minimum atomic E-state index is 0. The minimum Gasteiger partial charge on any atom is -0.0897 e. The molecule has 0 aliphatic carbocycles. The van der Waals surface area contributed by atoms with E-state index >= 15 is 0 Å². The van der Waals surface area contributed by atoms with Crippen molar-refractivity contribution < 1.29 is 20.4 Å². The molecule has 152 valence electrons. The fraction of sp³-hybridized carbons (Fsp3) is 0.520. The molecule has 0 aliphatic rings. The smallest absolute Gasteiger partial charge is 0 e. The second-order valence-electron chi connectivity index (χ2n) is 8.36. The van der Waals surface area contributed by atoms with Crippen LogP contribution in [0.3, 0.4) is 0 Å². The molecule has 0 saturated heterocycles. The molecule has 1 unspecified atom stereocenters. The van der Waals surface area contributed by atoms with Gasteiger partial charge in [-0.3, -0.25) is 0 Å². The van der Waals surface area contributed by atoms with Gasteiger partial charge >= 0.3 is 0 Å². The van der Waals surface area contributed by atoms with Crippen LogP contribution in [0.2, 0.25) is 0 Å². The van der Waals surface area contributed by atoms with Crippen molar-refractivity contribution in [2.75, 3.05) is 6.16 Å². The molecule has 0 nitrogen and oxygen atoms in total. The fourth-order valence-electron chi connectivity index (χ4n) is 3.52. The molecule has 0 bridgehead atoms. The van der Waals surface area contributed by atoms with Crippen molar-refractivity contribution in [1.29, 1.82) is 0 Å². The predicted octanol–water partition coefficient (Wildman–Crippen LogP) is 7.83. The molecule has 0 saturated carbocycles. The Kier molecular flexibility index (Phi) is 10.5. The van der Waals surface area contributed by atoms with Crippen molar-refractivity contribution in [3.63, 3.8) is 0 Å². The summed E-state index contributed by atoms with van der Waals surface area (Å²) in [7, 11) is 0.908. The predicted molar refractivity (Wildman–Crippen MR) is 122 cm³/mol. The molecule has 0 radical (unpaired) electrons. The Balaban J connectivity index is 0.00000364. The van der Waals surface area contributed by atoms with E-state index in [1.807, 2.05) is 0 Å². The first-order valence-corrected chi connectivity index (χ1v) is 11.6. The normalized spacial score (nSPS) is 11.8. The standard InChI is InChI=1S/C25H37P.Pd/c1-8-9-14-26-24-13-11-10-12-21(24)25-22(18(4)5)15-20(17(2)3)16-23(25)19(6)7;/h10-13,15-19,26H,8-9,14H2,1-7H3;. The quantitative estimate of drug-likeness (QED) is 0.208. The largest absolute Gasteiger partial charge is 0.0897 e. The third kappa shape index (κ3) is 6.26. The van der Waals surface area contributed by atoms with E-state index < -0.39 is 0 Å². The molecule has 0 aliphatic heterocycles. The van der Waals surface area contributed by atoms with Gasteiger partial charge in [-0.15, -0.1) is 0 Å². The molecule has 0 aromatic heterocycles. The molecule has 2 rings (SSSR count). The molecule has 2 aromatic rings. The van der Waals surface area contributed by atoms with Crippen LogP contribution in [0.4, 0.5) is 0 Å². The molecule has 2 aromatic carbocycles. The second-order valence-corrected chi connectivity index (χ2v) is 9.76. The van der Waals surface area contributed by atoms with Crippen LogP contribution in [0.1, 0.15) is 95.8 Å². The van der Waals surface area contributed by atoms with Gasteiger partial charge in [0.15, 0.2) is 0 Å². The van der Waals surface area contributed by atoms with E-state index in [2.05, 4.69) is 84.9 Å². The van der Waals surface area contributed by atoms with E-state index in [1.54, 1.807) is 5.30 Å². The Bertz CT molecular complexity index is 687. The van der Waals surface area contributed by atoms with Crippen LogP contribution in [0, 0.1) is 0 Å². The van der Waals surface area contributed by atoms with E-state index in [4.69, 9.17) is 0 Å². The van der Waals surface area contributed by atoms with Crippen LogP contribution >= 0.6 is 8.58 Å². The van der Waals surface area contributed by atoms with Gasteiger partial charge < -0.3 is 0 Å². The van der Waals surface area contributed by atoms with Gasteiger partial charge in [-0.05, 0) is 63.5 Å². The van der Waals surface area contributed by atoms with E-state index in [0.29, 0.717) is 17.8 Å². The van der Waals surface area contributed by atoms with Crippen LogP contribution in [0.15, 0.2) is 36.4 Å². The van der Waals surface area contributed by atoms with Gasteiger partial charge in [0.1, 0.15) is 0 Å². The van der Waals surface area contributed by atoms with Crippen molar-refractivity contribution in [3.8, 4) is 11.1 Å². The Labute approximate surface area is 183 Å². The summed E-state index contributed by atoms with van der Waals surface area (Å²) in [6, 6.07) is 14.1. The molecular weight excluding hydrogens is 438 g/mol. The molecule has 0 N–H and O–H groups in total. The summed E-state index contributed by atoms with van der Waals surface area (Å²) in [5.41, 5.74) is 7.51. The van der Waals surface area contributed by atoms with Crippen molar-refractivity contribution >= 4 is 13.9 Å². The van der Waals surface area contributed by atoms with Crippen LogP contribution < -0.4 is 5.30 Å². The summed E-state index contributed by atoms with van der Waals surface area (Å²) in [4.78, 5) is 0. The fourth-order valence-corrected chi connectivity index (χ4v) is 4.93. The molecular formula is C25H37PPd. The molecule has 1 atom stereocenters. The molecule has 0 heterocycles. The third-order valence-corrected chi connectivity index (χ3v) is 6.60. The second kappa shape index (κ2) is 11.5. The number of unbranched alkanes of at least 4 members (excludes halogenated alkanes) is 1. The number of rotatable bonds is 8. The Hall–Kier alpha value is -0.468. The van der Waals surface area contributed by atoms with Gasteiger partial charge in [-0.25, -0.2) is 0 Å². The molecule has 2 heteroatoms. The SMILES string of the molecule is CCCCPc1ccccc1-c1c(C(C)C)cc(C(C)C)cc1C(C)C.[Pd]. The van der Waals surface area contributed by atoms with Crippen LogP contribution in [0.25, 0.3) is 11.1 Å². The molecule has 0 spiro atoms. The summed E-state index contributed by atoms with van der Waals surface area (Å²) in [5.74, 6) is 1.64. The summed E-state index contributed by atoms with van der Waals surface area (Å²) >= 11 is 0. The summed E-state index contributed by atoms with van der Waals surface area (Å²) in [6.07, 6.45) is 3.92. The van der Waals surface area contributed by atoms with Gasteiger partial charge in [-0.2, -0.15) is 0 Å². The van der Waals surface area contributed by atoms with Gasteiger partial charge in [0.05, 0.1) is 0 Å². The Morgan fingerprint density at radius 3 is 1.85 bits per heavy atom. The minimum absolute atomic E-state index is 0. The zero-order chi connectivity index (χ0) is 19.3. The topological polar surface area (TPSA) is 0 Å². The first kappa shape index (κ1) is 24.6. The first-order chi connectivity index (χ1) is 12.4. The molecule has 0 amide bonds. The zero-order valence-electron chi connectivity index (χ0n) is 18.1. The average molecular weight is 475 g/mol. The third-order valence-electron chi connectivity index (χ3n) is 5.17. The van der Waals surface area contributed by atoms with Gasteiger partial charge in [0.2, 0.25) is 0 Å². The Morgan fingerprint density at radius 2 is 1.37 bits per heavy atom. The van der Waals surface area contributed by atoms with Crippen molar-refractivity contribution in [3.05, 3.63) is 53.1 Å². The van der Waals surface area contributed by atoms with Crippen molar-refractivity contribution in [1.82, 2.24) is 0 Å². The maximum absolute atomic E-state index is 2.47. The maximum Gasteiger partial charge on any atom is 0 e. The number of hydrogen-bond donors (Lipinski definition) is 0. The summed E-state index contributed by atoms with van der Waals surface area (Å²) < 4.78 is 0. The number of benzene rings is 2. The van der Waals surface area contributed by atoms with Crippen LogP contribution in [-0.2, 0) is 20.4 Å².